The van der Waals surface area contributed by atoms with Crippen molar-refractivity contribution in [2.45, 2.75) is 19.3 Å². The molecule has 1 fully saturated rings. The van der Waals surface area contributed by atoms with E-state index in [0.717, 1.165) is 37.0 Å². The second-order valence-corrected chi connectivity index (χ2v) is 4.74. The summed E-state index contributed by atoms with van der Waals surface area (Å²) < 4.78 is 5.54. The standard InChI is InChI=1S/C15H16N2O2/c18-15(17-10-4-1-5-11-17)9-8-14-16-12-6-2-3-7-13(12)19-14/h2-3,6-9H,1,4-5,10-11H2. The third-order valence-corrected chi connectivity index (χ3v) is 3.35. The molecule has 98 valence electrons. The highest BCUT2D eigenvalue weighted by atomic mass is 16.3. The monoisotopic (exact) mass is 256 g/mol. The minimum atomic E-state index is 0.0435. The van der Waals surface area contributed by atoms with Crippen LogP contribution in [0, 0.1) is 0 Å². The fraction of sp³-hybridized carbons (Fsp3) is 0.333. The summed E-state index contributed by atoms with van der Waals surface area (Å²) in [7, 11) is 0. The number of para-hydroxylation sites is 2. The summed E-state index contributed by atoms with van der Waals surface area (Å²) in [6, 6.07) is 7.58. The Labute approximate surface area is 111 Å². The van der Waals surface area contributed by atoms with Gasteiger partial charge < -0.3 is 9.32 Å². The lowest BCUT2D eigenvalue weighted by Crippen LogP contribution is -2.34. The first kappa shape index (κ1) is 12.0. The molecule has 0 radical (unpaired) electrons. The lowest BCUT2D eigenvalue weighted by Gasteiger charge is -2.25. The van der Waals surface area contributed by atoms with E-state index in [4.69, 9.17) is 4.42 Å². The number of rotatable bonds is 2. The first-order chi connectivity index (χ1) is 9.33. The predicted molar refractivity (Wildman–Crippen MR) is 73.5 cm³/mol. The second-order valence-electron chi connectivity index (χ2n) is 4.74. The average Bonchev–Trinajstić information content (AvgIpc) is 2.88. The van der Waals surface area contributed by atoms with E-state index < -0.39 is 0 Å². The molecule has 4 heteroatoms. The maximum absolute atomic E-state index is 12.0. The lowest BCUT2D eigenvalue weighted by atomic mass is 10.1. The summed E-state index contributed by atoms with van der Waals surface area (Å²) in [5, 5.41) is 0. The highest BCUT2D eigenvalue weighted by Gasteiger charge is 2.13. The molecule has 0 spiro atoms. The van der Waals surface area contributed by atoms with Crippen molar-refractivity contribution in [3.8, 4) is 0 Å². The minimum Gasteiger partial charge on any atom is -0.437 e. The van der Waals surface area contributed by atoms with Crippen LogP contribution in [0.5, 0.6) is 0 Å². The summed E-state index contributed by atoms with van der Waals surface area (Å²) >= 11 is 0. The normalized spacial score (nSPS) is 16.3. The molecule has 0 bridgehead atoms. The Kier molecular flexibility index (Phi) is 3.31. The number of aromatic nitrogens is 1. The molecule has 1 aromatic heterocycles. The van der Waals surface area contributed by atoms with Crippen molar-refractivity contribution >= 4 is 23.1 Å². The van der Waals surface area contributed by atoms with Gasteiger partial charge in [0, 0.05) is 25.2 Å². The van der Waals surface area contributed by atoms with Crippen LogP contribution in [-0.4, -0.2) is 28.9 Å². The average molecular weight is 256 g/mol. The molecule has 0 saturated carbocycles. The van der Waals surface area contributed by atoms with Crippen molar-refractivity contribution < 1.29 is 9.21 Å². The van der Waals surface area contributed by atoms with Gasteiger partial charge in [0.05, 0.1) is 0 Å². The number of oxazole rings is 1. The van der Waals surface area contributed by atoms with Gasteiger partial charge in [0.1, 0.15) is 5.52 Å². The van der Waals surface area contributed by atoms with Gasteiger partial charge in [-0.1, -0.05) is 12.1 Å². The zero-order valence-corrected chi connectivity index (χ0v) is 10.7. The number of benzene rings is 1. The Morgan fingerprint density at radius 1 is 1.21 bits per heavy atom. The molecule has 19 heavy (non-hydrogen) atoms. The summed E-state index contributed by atoms with van der Waals surface area (Å²) in [6.45, 7) is 1.72. The quantitative estimate of drug-likeness (QED) is 0.776. The molecule has 0 aliphatic carbocycles. The molecule has 2 heterocycles. The lowest BCUT2D eigenvalue weighted by molar-refractivity contribution is -0.126. The summed E-state index contributed by atoms with van der Waals surface area (Å²) in [6.07, 6.45) is 6.62. The molecule has 1 amide bonds. The molecular formula is C15H16N2O2. The van der Waals surface area contributed by atoms with Crippen molar-refractivity contribution in [1.29, 1.82) is 0 Å². The van der Waals surface area contributed by atoms with E-state index in [1.54, 1.807) is 12.2 Å². The van der Waals surface area contributed by atoms with Gasteiger partial charge in [0.25, 0.3) is 0 Å². The van der Waals surface area contributed by atoms with Crippen LogP contribution in [0.1, 0.15) is 25.2 Å². The summed E-state index contributed by atoms with van der Waals surface area (Å²) in [5.74, 6) is 0.522. The Hall–Kier alpha value is -2.10. The van der Waals surface area contributed by atoms with Gasteiger partial charge in [0.2, 0.25) is 11.8 Å². The van der Waals surface area contributed by atoms with E-state index in [9.17, 15) is 4.79 Å². The fourth-order valence-electron chi connectivity index (χ4n) is 2.32. The van der Waals surface area contributed by atoms with Crippen molar-refractivity contribution in [1.82, 2.24) is 9.88 Å². The predicted octanol–water partition coefficient (Wildman–Crippen LogP) is 2.85. The molecule has 1 aromatic carbocycles. The summed E-state index contributed by atoms with van der Waals surface area (Å²) in [5.41, 5.74) is 1.56. The van der Waals surface area contributed by atoms with Gasteiger partial charge >= 0.3 is 0 Å². The van der Waals surface area contributed by atoms with Gasteiger partial charge in [-0.2, -0.15) is 0 Å². The molecule has 1 aliphatic heterocycles. The van der Waals surface area contributed by atoms with Crippen LogP contribution in [0.15, 0.2) is 34.8 Å². The van der Waals surface area contributed by atoms with Crippen LogP contribution in [0.3, 0.4) is 0 Å². The number of hydrogen-bond acceptors (Lipinski definition) is 3. The fourth-order valence-corrected chi connectivity index (χ4v) is 2.32. The third kappa shape index (κ3) is 2.67. The second kappa shape index (κ2) is 5.26. The largest absolute Gasteiger partial charge is 0.437 e. The molecule has 0 unspecified atom stereocenters. The molecule has 4 nitrogen and oxygen atoms in total. The van der Waals surface area contributed by atoms with Crippen LogP contribution < -0.4 is 0 Å². The molecule has 1 aliphatic rings. The van der Waals surface area contributed by atoms with E-state index in [1.165, 1.54) is 6.42 Å². The van der Waals surface area contributed by atoms with Crippen molar-refractivity contribution in [3.05, 3.63) is 36.2 Å². The number of fused-ring (bicyclic) bond motifs is 1. The number of piperidine rings is 1. The Morgan fingerprint density at radius 3 is 2.79 bits per heavy atom. The number of amides is 1. The smallest absolute Gasteiger partial charge is 0.246 e. The van der Waals surface area contributed by atoms with Crippen LogP contribution in [0.4, 0.5) is 0 Å². The maximum atomic E-state index is 12.0. The Morgan fingerprint density at radius 2 is 2.00 bits per heavy atom. The van der Waals surface area contributed by atoms with Gasteiger partial charge in [-0.15, -0.1) is 0 Å². The van der Waals surface area contributed by atoms with Crippen molar-refractivity contribution in [3.63, 3.8) is 0 Å². The van der Waals surface area contributed by atoms with Gasteiger partial charge in [-0.3, -0.25) is 4.79 Å². The Bertz CT molecular complexity index is 576. The molecule has 1 saturated heterocycles. The molecular weight excluding hydrogens is 240 g/mol. The number of carbonyl (C=O) groups is 1. The van der Waals surface area contributed by atoms with Crippen molar-refractivity contribution in [2.24, 2.45) is 0 Å². The zero-order valence-electron chi connectivity index (χ0n) is 10.7. The molecule has 2 aromatic rings. The SMILES string of the molecule is O=C(C=Cc1nc2ccccc2o1)N1CCCCC1. The van der Waals surface area contributed by atoms with E-state index in [2.05, 4.69) is 4.98 Å². The van der Waals surface area contributed by atoms with E-state index in [-0.39, 0.29) is 5.91 Å². The third-order valence-electron chi connectivity index (χ3n) is 3.35. The highest BCUT2D eigenvalue weighted by Crippen LogP contribution is 2.16. The van der Waals surface area contributed by atoms with Gasteiger partial charge in [-0.05, 0) is 31.4 Å². The van der Waals surface area contributed by atoms with Crippen LogP contribution in [0.25, 0.3) is 17.2 Å². The number of nitrogens with zero attached hydrogens (tertiary/aromatic N) is 2. The first-order valence-corrected chi connectivity index (χ1v) is 6.65. The number of carbonyl (C=O) groups excluding carboxylic acids is 1. The minimum absolute atomic E-state index is 0.0435. The van der Waals surface area contributed by atoms with Gasteiger partial charge in [0.15, 0.2) is 5.58 Å². The number of hydrogen-bond donors (Lipinski definition) is 0. The van der Waals surface area contributed by atoms with E-state index in [0.29, 0.717) is 5.89 Å². The maximum Gasteiger partial charge on any atom is 0.246 e. The Balaban J connectivity index is 1.72. The van der Waals surface area contributed by atoms with E-state index in [1.807, 2.05) is 29.2 Å². The highest BCUT2D eigenvalue weighted by molar-refractivity contribution is 5.91. The summed E-state index contributed by atoms with van der Waals surface area (Å²) in [4.78, 5) is 18.1. The van der Waals surface area contributed by atoms with Crippen LogP contribution in [-0.2, 0) is 4.79 Å². The molecule has 3 rings (SSSR count). The van der Waals surface area contributed by atoms with Crippen molar-refractivity contribution in [2.75, 3.05) is 13.1 Å². The van der Waals surface area contributed by atoms with Crippen LogP contribution in [0.2, 0.25) is 0 Å². The van der Waals surface area contributed by atoms with Gasteiger partial charge in [-0.25, -0.2) is 4.98 Å². The van der Waals surface area contributed by atoms with E-state index >= 15 is 0 Å². The number of likely N-dealkylation sites (tertiary alicyclic amines) is 1. The molecule has 0 atom stereocenters. The molecule has 0 N–H and O–H groups in total. The van der Waals surface area contributed by atoms with Crippen LogP contribution >= 0.6 is 0 Å². The topological polar surface area (TPSA) is 46.3 Å². The zero-order chi connectivity index (χ0) is 13.1. The first-order valence-electron chi connectivity index (χ1n) is 6.65.